The molecule has 5 rings (SSSR count). The van der Waals surface area contributed by atoms with E-state index in [4.69, 9.17) is 4.42 Å². The zero-order valence-corrected chi connectivity index (χ0v) is 12.9. The highest BCUT2D eigenvalue weighted by molar-refractivity contribution is 5.74. The second kappa shape index (κ2) is 5.08. The Bertz CT molecular complexity index is 834. The Kier molecular flexibility index (Phi) is 2.89. The van der Waals surface area contributed by atoms with E-state index in [0.717, 1.165) is 30.9 Å². The summed E-state index contributed by atoms with van der Waals surface area (Å²) in [4.78, 5) is 6.76. The molecule has 6 heteroatoms. The summed E-state index contributed by atoms with van der Waals surface area (Å²) in [5.74, 6) is 1.33. The fourth-order valence-electron chi connectivity index (χ4n) is 3.50. The second-order valence-electron chi connectivity index (χ2n) is 6.57. The van der Waals surface area contributed by atoms with Crippen LogP contribution >= 0.6 is 0 Å². The van der Waals surface area contributed by atoms with Crippen LogP contribution in [0.4, 0.5) is 6.01 Å². The fraction of sp³-hybridized carbons (Fsp3) is 0.471. The fourth-order valence-corrected chi connectivity index (χ4v) is 3.50. The van der Waals surface area contributed by atoms with Crippen LogP contribution in [0.1, 0.15) is 37.5 Å². The third kappa shape index (κ3) is 2.29. The quantitative estimate of drug-likeness (QED) is 0.741. The number of aromatic nitrogens is 4. The van der Waals surface area contributed by atoms with E-state index in [0.29, 0.717) is 18.0 Å². The Morgan fingerprint density at radius 3 is 2.96 bits per heavy atom. The maximum Gasteiger partial charge on any atom is 0.318 e. The van der Waals surface area contributed by atoms with Gasteiger partial charge in [0.1, 0.15) is 0 Å². The number of rotatable bonds is 4. The zero-order chi connectivity index (χ0) is 15.2. The van der Waals surface area contributed by atoms with Crippen LogP contribution in [0, 0.1) is 0 Å². The molecular formula is C17H19N5O. The van der Waals surface area contributed by atoms with Crippen molar-refractivity contribution in [2.45, 2.75) is 44.2 Å². The molecule has 0 radical (unpaired) electrons. The normalized spacial score (nSPS) is 21.4. The first-order valence-corrected chi connectivity index (χ1v) is 8.38. The number of para-hydroxylation sites is 2. The summed E-state index contributed by atoms with van der Waals surface area (Å²) in [5, 5.41) is 8.51. The highest BCUT2D eigenvalue weighted by Gasteiger charge is 2.33. The van der Waals surface area contributed by atoms with Crippen molar-refractivity contribution in [2.24, 2.45) is 0 Å². The lowest BCUT2D eigenvalue weighted by atomic mass is 10.2. The Labute approximate surface area is 134 Å². The minimum absolute atomic E-state index is 0.389. The lowest BCUT2D eigenvalue weighted by Gasteiger charge is -2.23. The molecule has 3 aromatic rings. The lowest BCUT2D eigenvalue weighted by molar-refractivity contribution is 0.464. The van der Waals surface area contributed by atoms with E-state index in [2.05, 4.69) is 42.8 Å². The van der Waals surface area contributed by atoms with Gasteiger partial charge in [-0.2, -0.15) is 0 Å². The van der Waals surface area contributed by atoms with Crippen LogP contribution in [-0.2, 0) is 6.54 Å². The molecule has 0 N–H and O–H groups in total. The van der Waals surface area contributed by atoms with Gasteiger partial charge in [-0.05, 0) is 37.8 Å². The standard InChI is InChI=1S/C17H19N5O/c1-2-6-15-14(5-1)18-11-21(15)10-13-4-3-9-22(13)17-20-19-16(23-17)12-7-8-12/h1-2,5-6,11-13H,3-4,7-10H2. The average Bonchev–Trinajstić information content (AvgIpc) is 3.01. The van der Waals surface area contributed by atoms with Crippen molar-refractivity contribution in [2.75, 3.05) is 11.4 Å². The molecule has 0 amide bonds. The highest BCUT2D eigenvalue weighted by Crippen LogP contribution is 2.40. The van der Waals surface area contributed by atoms with Crippen molar-refractivity contribution in [3.05, 3.63) is 36.5 Å². The lowest BCUT2D eigenvalue weighted by Crippen LogP contribution is -2.33. The van der Waals surface area contributed by atoms with E-state index in [1.165, 1.54) is 24.8 Å². The van der Waals surface area contributed by atoms with Crippen LogP contribution < -0.4 is 4.90 Å². The minimum Gasteiger partial charge on any atom is -0.408 e. The third-order valence-corrected chi connectivity index (χ3v) is 4.91. The number of anilines is 1. The Hall–Kier alpha value is -2.37. The summed E-state index contributed by atoms with van der Waals surface area (Å²) in [7, 11) is 0. The number of hydrogen-bond acceptors (Lipinski definition) is 5. The van der Waals surface area contributed by atoms with Gasteiger partial charge in [0.15, 0.2) is 0 Å². The van der Waals surface area contributed by atoms with E-state index >= 15 is 0 Å². The van der Waals surface area contributed by atoms with Crippen molar-refractivity contribution in [3.63, 3.8) is 0 Å². The van der Waals surface area contributed by atoms with Gasteiger partial charge in [0.2, 0.25) is 5.89 Å². The largest absolute Gasteiger partial charge is 0.408 e. The van der Waals surface area contributed by atoms with Gasteiger partial charge in [-0.15, -0.1) is 5.10 Å². The van der Waals surface area contributed by atoms with Crippen LogP contribution in [0.5, 0.6) is 0 Å². The van der Waals surface area contributed by atoms with Crippen LogP contribution in [0.3, 0.4) is 0 Å². The molecule has 118 valence electrons. The molecule has 1 unspecified atom stereocenters. The Morgan fingerprint density at radius 2 is 2.04 bits per heavy atom. The first-order chi connectivity index (χ1) is 11.4. The van der Waals surface area contributed by atoms with Crippen LogP contribution in [0.2, 0.25) is 0 Å². The van der Waals surface area contributed by atoms with Crippen molar-refractivity contribution in [1.29, 1.82) is 0 Å². The van der Waals surface area contributed by atoms with Crippen LogP contribution in [-0.4, -0.2) is 32.3 Å². The number of fused-ring (bicyclic) bond motifs is 1. The first kappa shape index (κ1) is 13.1. The molecule has 2 aromatic heterocycles. The minimum atomic E-state index is 0.389. The van der Waals surface area contributed by atoms with E-state index < -0.39 is 0 Å². The second-order valence-corrected chi connectivity index (χ2v) is 6.57. The molecular weight excluding hydrogens is 290 g/mol. The predicted molar refractivity (Wildman–Crippen MR) is 86.4 cm³/mol. The van der Waals surface area contributed by atoms with E-state index in [-0.39, 0.29) is 0 Å². The first-order valence-electron chi connectivity index (χ1n) is 8.38. The van der Waals surface area contributed by atoms with Gasteiger partial charge in [-0.1, -0.05) is 17.2 Å². The maximum atomic E-state index is 5.91. The van der Waals surface area contributed by atoms with Crippen LogP contribution in [0.15, 0.2) is 35.0 Å². The van der Waals surface area contributed by atoms with Crippen molar-refractivity contribution >= 4 is 17.0 Å². The molecule has 1 saturated heterocycles. The van der Waals surface area contributed by atoms with Crippen molar-refractivity contribution in [3.8, 4) is 0 Å². The van der Waals surface area contributed by atoms with Gasteiger partial charge in [0.25, 0.3) is 0 Å². The smallest absolute Gasteiger partial charge is 0.318 e. The number of benzene rings is 1. The van der Waals surface area contributed by atoms with E-state index in [1.807, 2.05) is 12.4 Å². The van der Waals surface area contributed by atoms with E-state index in [1.54, 1.807) is 0 Å². The molecule has 1 saturated carbocycles. The molecule has 23 heavy (non-hydrogen) atoms. The Balaban J connectivity index is 1.40. The summed E-state index contributed by atoms with van der Waals surface area (Å²) in [6, 6.07) is 9.35. The topological polar surface area (TPSA) is 60.0 Å². The molecule has 1 aromatic carbocycles. The third-order valence-electron chi connectivity index (χ3n) is 4.91. The Morgan fingerprint density at radius 1 is 1.13 bits per heavy atom. The van der Waals surface area contributed by atoms with E-state index in [9.17, 15) is 0 Å². The average molecular weight is 309 g/mol. The molecule has 0 bridgehead atoms. The number of nitrogens with zero attached hydrogens (tertiary/aromatic N) is 5. The molecule has 1 atom stereocenters. The molecule has 1 aliphatic carbocycles. The van der Waals surface area contributed by atoms with Gasteiger partial charge in [-0.25, -0.2) is 4.98 Å². The molecule has 3 heterocycles. The summed E-state index contributed by atoms with van der Waals surface area (Å²) in [5.41, 5.74) is 2.23. The SMILES string of the molecule is c1ccc2c(c1)ncn2CC1CCCN1c1nnc(C2CC2)o1. The van der Waals surface area contributed by atoms with Crippen molar-refractivity contribution in [1.82, 2.24) is 19.7 Å². The van der Waals surface area contributed by atoms with Crippen LogP contribution in [0.25, 0.3) is 11.0 Å². The number of imidazole rings is 1. The summed E-state index contributed by atoms with van der Waals surface area (Å²) < 4.78 is 8.14. The molecule has 2 aliphatic rings. The summed E-state index contributed by atoms with van der Waals surface area (Å²) in [6.07, 6.45) is 6.62. The van der Waals surface area contributed by atoms with Gasteiger partial charge in [0, 0.05) is 19.0 Å². The monoisotopic (exact) mass is 309 g/mol. The van der Waals surface area contributed by atoms with Crippen molar-refractivity contribution < 1.29 is 4.42 Å². The number of hydrogen-bond donors (Lipinski definition) is 0. The molecule has 0 spiro atoms. The predicted octanol–water partition coefficient (Wildman–Crippen LogP) is 2.97. The maximum absolute atomic E-state index is 5.91. The zero-order valence-electron chi connectivity index (χ0n) is 12.9. The molecule has 6 nitrogen and oxygen atoms in total. The van der Waals surface area contributed by atoms with Gasteiger partial charge >= 0.3 is 6.01 Å². The molecule has 2 fully saturated rings. The highest BCUT2D eigenvalue weighted by atomic mass is 16.4. The summed E-state index contributed by atoms with van der Waals surface area (Å²) >= 11 is 0. The summed E-state index contributed by atoms with van der Waals surface area (Å²) in [6.45, 7) is 1.89. The van der Waals surface area contributed by atoms with Gasteiger partial charge < -0.3 is 13.9 Å². The van der Waals surface area contributed by atoms with Gasteiger partial charge in [0.05, 0.1) is 23.4 Å². The van der Waals surface area contributed by atoms with Gasteiger partial charge in [-0.3, -0.25) is 0 Å². The molecule has 1 aliphatic heterocycles.